The van der Waals surface area contributed by atoms with Gasteiger partial charge in [-0.1, -0.05) is 31.5 Å². The number of benzene rings is 2. The van der Waals surface area contributed by atoms with E-state index in [0.717, 1.165) is 47.6 Å². The number of rotatable bonds is 9. The van der Waals surface area contributed by atoms with Gasteiger partial charge in [-0.05, 0) is 61.2 Å². The minimum absolute atomic E-state index is 0.0762. The molecule has 138 valence electrons. The zero-order valence-corrected chi connectivity index (χ0v) is 15.6. The molecule has 2 aromatic carbocycles. The summed E-state index contributed by atoms with van der Waals surface area (Å²) in [6.07, 6.45) is 3.74. The molecule has 0 atom stereocenters. The van der Waals surface area contributed by atoms with Crippen molar-refractivity contribution >= 4 is 12.1 Å². The molecule has 2 rings (SSSR count). The van der Waals surface area contributed by atoms with E-state index in [1.54, 1.807) is 6.21 Å². The Labute approximate surface area is 155 Å². The van der Waals surface area contributed by atoms with Gasteiger partial charge in [0.1, 0.15) is 11.5 Å². The quantitative estimate of drug-likeness (QED) is 0.420. The van der Waals surface area contributed by atoms with E-state index < -0.39 is 0 Å². The summed E-state index contributed by atoms with van der Waals surface area (Å²) in [7, 11) is 0. The Bertz CT molecular complexity index is 719. The molecule has 0 aliphatic carbocycles. The lowest BCUT2D eigenvalue weighted by molar-refractivity contribution is -0.123. The van der Waals surface area contributed by atoms with Crippen molar-refractivity contribution in [3.8, 4) is 11.5 Å². The summed E-state index contributed by atoms with van der Waals surface area (Å²) in [6, 6.07) is 13.4. The second-order valence-corrected chi connectivity index (χ2v) is 6.07. The molecule has 0 saturated carbocycles. The van der Waals surface area contributed by atoms with E-state index in [2.05, 4.69) is 17.5 Å². The maximum atomic E-state index is 11.9. The zero-order chi connectivity index (χ0) is 18.8. The van der Waals surface area contributed by atoms with Gasteiger partial charge in [0.2, 0.25) is 0 Å². The van der Waals surface area contributed by atoms with Gasteiger partial charge in [0, 0.05) is 0 Å². The largest absolute Gasteiger partial charge is 0.494 e. The number of carbonyl (C=O) groups excluding carboxylic acids is 1. The van der Waals surface area contributed by atoms with Crippen LogP contribution >= 0.6 is 0 Å². The third-order valence-corrected chi connectivity index (χ3v) is 3.81. The number of amides is 1. The molecule has 5 heteroatoms. The standard InChI is InChI=1S/C21H26N2O3/c1-4-5-13-25-19-11-9-18(10-12-19)14-22-23-20(24)15-26-21-16(2)7-6-8-17(21)3/h6-12,14H,4-5,13,15H2,1-3H3,(H,23,24)/b22-14+. The van der Waals surface area contributed by atoms with Crippen LogP contribution in [0.3, 0.4) is 0 Å². The van der Waals surface area contributed by atoms with Crippen LogP contribution in [-0.4, -0.2) is 25.3 Å². The third kappa shape index (κ3) is 6.24. The first-order valence-corrected chi connectivity index (χ1v) is 8.84. The molecule has 0 unspecified atom stereocenters. The SMILES string of the molecule is CCCCOc1ccc(/C=N/NC(=O)COc2c(C)cccc2C)cc1. The van der Waals surface area contributed by atoms with Gasteiger partial charge in [0.05, 0.1) is 12.8 Å². The van der Waals surface area contributed by atoms with Crippen molar-refractivity contribution in [1.29, 1.82) is 0 Å². The van der Waals surface area contributed by atoms with E-state index in [-0.39, 0.29) is 12.5 Å². The summed E-state index contributed by atoms with van der Waals surface area (Å²) >= 11 is 0. The summed E-state index contributed by atoms with van der Waals surface area (Å²) in [5.74, 6) is 1.27. The second-order valence-electron chi connectivity index (χ2n) is 6.07. The number of nitrogens with zero attached hydrogens (tertiary/aromatic N) is 1. The van der Waals surface area contributed by atoms with Crippen LogP contribution in [0.1, 0.15) is 36.5 Å². The first-order chi connectivity index (χ1) is 12.6. The van der Waals surface area contributed by atoms with Gasteiger partial charge >= 0.3 is 0 Å². The smallest absolute Gasteiger partial charge is 0.277 e. The summed E-state index contributed by atoms with van der Waals surface area (Å²) < 4.78 is 11.2. The van der Waals surface area contributed by atoms with Crippen molar-refractivity contribution in [2.75, 3.05) is 13.2 Å². The number of hydrogen-bond acceptors (Lipinski definition) is 4. The number of unbranched alkanes of at least 4 members (excludes halogenated alkanes) is 1. The molecule has 2 aromatic rings. The number of carbonyl (C=O) groups is 1. The van der Waals surface area contributed by atoms with E-state index in [1.807, 2.05) is 56.3 Å². The number of hydrogen-bond donors (Lipinski definition) is 1. The number of nitrogens with one attached hydrogen (secondary N) is 1. The molecular weight excluding hydrogens is 328 g/mol. The maximum absolute atomic E-state index is 11.9. The van der Waals surface area contributed by atoms with Crippen LogP contribution in [0.4, 0.5) is 0 Å². The van der Waals surface area contributed by atoms with Crippen molar-refractivity contribution in [3.63, 3.8) is 0 Å². The van der Waals surface area contributed by atoms with E-state index in [0.29, 0.717) is 0 Å². The van der Waals surface area contributed by atoms with E-state index in [1.165, 1.54) is 0 Å². The summed E-state index contributed by atoms with van der Waals surface area (Å²) in [6.45, 7) is 6.68. The van der Waals surface area contributed by atoms with Crippen molar-refractivity contribution in [3.05, 3.63) is 59.2 Å². The number of ether oxygens (including phenoxy) is 2. The fourth-order valence-electron chi connectivity index (χ4n) is 2.36. The second kappa shape index (κ2) is 10.2. The highest BCUT2D eigenvalue weighted by Crippen LogP contribution is 2.21. The molecule has 5 nitrogen and oxygen atoms in total. The average Bonchev–Trinajstić information content (AvgIpc) is 2.63. The topological polar surface area (TPSA) is 59.9 Å². The molecule has 26 heavy (non-hydrogen) atoms. The van der Waals surface area contributed by atoms with Crippen molar-refractivity contribution in [1.82, 2.24) is 5.43 Å². The first-order valence-electron chi connectivity index (χ1n) is 8.84. The molecule has 0 aliphatic heterocycles. The Kier molecular flexibility index (Phi) is 7.68. The Hall–Kier alpha value is -2.82. The van der Waals surface area contributed by atoms with E-state index >= 15 is 0 Å². The molecule has 0 bridgehead atoms. The Balaban J connectivity index is 1.78. The van der Waals surface area contributed by atoms with Crippen LogP contribution in [0.2, 0.25) is 0 Å². The summed E-state index contributed by atoms with van der Waals surface area (Å²) in [4.78, 5) is 11.9. The molecule has 0 fully saturated rings. The molecule has 0 aromatic heterocycles. The fraction of sp³-hybridized carbons (Fsp3) is 0.333. The molecule has 0 heterocycles. The molecule has 0 aliphatic rings. The van der Waals surface area contributed by atoms with Crippen molar-refractivity contribution < 1.29 is 14.3 Å². The molecule has 0 saturated heterocycles. The van der Waals surface area contributed by atoms with Gasteiger partial charge in [0.15, 0.2) is 6.61 Å². The van der Waals surface area contributed by atoms with Gasteiger partial charge < -0.3 is 9.47 Å². The van der Waals surface area contributed by atoms with Crippen LogP contribution in [0.5, 0.6) is 11.5 Å². The lowest BCUT2D eigenvalue weighted by Gasteiger charge is -2.10. The summed E-state index contributed by atoms with van der Waals surface area (Å²) in [5.41, 5.74) is 5.35. The highest BCUT2D eigenvalue weighted by atomic mass is 16.5. The van der Waals surface area contributed by atoms with Gasteiger partial charge in [-0.2, -0.15) is 5.10 Å². The minimum Gasteiger partial charge on any atom is -0.494 e. The predicted octanol–water partition coefficient (Wildman–Crippen LogP) is 4.01. The van der Waals surface area contributed by atoms with Crippen LogP contribution in [0.15, 0.2) is 47.6 Å². The van der Waals surface area contributed by atoms with Crippen LogP contribution in [0, 0.1) is 13.8 Å². The monoisotopic (exact) mass is 354 g/mol. The molecule has 1 amide bonds. The van der Waals surface area contributed by atoms with Crippen LogP contribution in [-0.2, 0) is 4.79 Å². The average molecular weight is 354 g/mol. The highest BCUT2D eigenvalue weighted by Gasteiger charge is 2.06. The van der Waals surface area contributed by atoms with Gasteiger partial charge in [-0.3, -0.25) is 4.79 Å². The van der Waals surface area contributed by atoms with Crippen LogP contribution in [0.25, 0.3) is 0 Å². The third-order valence-electron chi connectivity index (χ3n) is 3.81. The zero-order valence-electron chi connectivity index (χ0n) is 15.6. The van der Waals surface area contributed by atoms with E-state index in [9.17, 15) is 4.79 Å². The Morgan fingerprint density at radius 2 is 1.77 bits per heavy atom. The number of para-hydroxylation sites is 1. The highest BCUT2D eigenvalue weighted by molar-refractivity contribution is 5.83. The van der Waals surface area contributed by atoms with Crippen molar-refractivity contribution in [2.45, 2.75) is 33.6 Å². The van der Waals surface area contributed by atoms with Gasteiger partial charge in [-0.15, -0.1) is 0 Å². The molecule has 0 spiro atoms. The number of aryl methyl sites for hydroxylation is 2. The van der Waals surface area contributed by atoms with Crippen molar-refractivity contribution in [2.24, 2.45) is 5.10 Å². The van der Waals surface area contributed by atoms with Crippen LogP contribution < -0.4 is 14.9 Å². The van der Waals surface area contributed by atoms with E-state index in [4.69, 9.17) is 9.47 Å². The molecule has 1 N–H and O–H groups in total. The Morgan fingerprint density at radius 3 is 2.42 bits per heavy atom. The predicted molar refractivity (Wildman–Crippen MR) is 104 cm³/mol. The van der Waals surface area contributed by atoms with Gasteiger partial charge in [0.25, 0.3) is 5.91 Å². The first kappa shape index (κ1) is 19.5. The van der Waals surface area contributed by atoms with Gasteiger partial charge in [-0.25, -0.2) is 5.43 Å². The number of hydrazone groups is 1. The lowest BCUT2D eigenvalue weighted by Crippen LogP contribution is -2.25. The molecular formula is C21H26N2O3. The normalized spacial score (nSPS) is 10.7. The summed E-state index contributed by atoms with van der Waals surface area (Å²) in [5, 5.41) is 3.96. The molecule has 0 radical (unpaired) electrons. The Morgan fingerprint density at radius 1 is 1.08 bits per heavy atom. The maximum Gasteiger partial charge on any atom is 0.277 e. The fourth-order valence-corrected chi connectivity index (χ4v) is 2.36. The lowest BCUT2D eigenvalue weighted by atomic mass is 10.1. The minimum atomic E-state index is -0.302.